The van der Waals surface area contributed by atoms with Crippen molar-refractivity contribution < 1.29 is 0 Å². The van der Waals surface area contributed by atoms with Crippen molar-refractivity contribution in [3.05, 3.63) is 12.4 Å². The number of nitrogens with one attached hydrogen (secondary N) is 1. The molecule has 2 rings (SSSR count). The molecular formula is C16H28N4. The number of hydrogen-bond donors (Lipinski definition) is 1. The smallest absolute Gasteiger partial charge is 0.134 e. The number of nitrogens with zero attached hydrogens (tertiary/aromatic N) is 3. The average Bonchev–Trinajstić information content (AvgIpc) is 2.52. The normalized spacial score (nSPS) is 19.1. The van der Waals surface area contributed by atoms with Crippen molar-refractivity contribution in [3.8, 4) is 0 Å². The summed E-state index contributed by atoms with van der Waals surface area (Å²) in [5.41, 5.74) is 0. The van der Waals surface area contributed by atoms with Gasteiger partial charge in [-0.1, -0.05) is 26.7 Å². The highest BCUT2D eigenvalue weighted by atomic mass is 15.2. The van der Waals surface area contributed by atoms with Crippen LogP contribution in [-0.2, 0) is 0 Å². The first-order chi connectivity index (χ1) is 9.85. The van der Waals surface area contributed by atoms with Crippen LogP contribution in [0.3, 0.4) is 0 Å². The largest absolute Gasteiger partial charge is 0.370 e. The molecule has 4 nitrogen and oxygen atoms in total. The number of rotatable bonds is 7. The molecule has 112 valence electrons. The molecule has 0 spiro atoms. The molecular weight excluding hydrogens is 248 g/mol. The minimum absolute atomic E-state index is 0.645. The summed E-state index contributed by atoms with van der Waals surface area (Å²) in [4.78, 5) is 11.3. The highest BCUT2D eigenvalue weighted by Gasteiger charge is 2.22. The first kappa shape index (κ1) is 15.1. The zero-order valence-corrected chi connectivity index (χ0v) is 12.9. The summed E-state index contributed by atoms with van der Waals surface area (Å²) in [5.74, 6) is 2.05. The molecule has 1 aromatic heterocycles. The van der Waals surface area contributed by atoms with Crippen LogP contribution in [0.5, 0.6) is 0 Å². The van der Waals surface area contributed by atoms with E-state index in [0.29, 0.717) is 6.04 Å². The highest BCUT2D eigenvalue weighted by Crippen LogP contribution is 2.25. The fourth-order valence-electron chi connectivity index (χ4n) is 2.92. The van der Waals surface area contributed by atoms with Crippen molar-refractivity contribution in [1.29, 1.82) is 0 Å². The van der Waals surface area contributed by atoms with Gasteiger partial charge in [0.1, 0.15) is 18.0 Å². The summed E-state index contributed by atoms with van der Waals surface area (Å²) < 4.78 is 0. The second kappa shape index (κ2) is 8.08. The standard InChI is InChI=1S/C16H28N4/c1-3-5-7-10-17-15-12-16(19-13-18-15)20-11-8-6-9-14(20)4-2/h12-14H,3-11H2,1-2H3,(H,17,18,19). The third-order valence-electron chi connectivity index (χ3n) is 4.13. The molecule has 1 aliphatic heterocycles. The molecule has 1 aromatic rings. The van der Waals surface area contributed by atoms with Crippen LogP contribution in [0, 0.1) is 0 Å². The highest BCUT2D eigenvalue weighted by molar-refractivity contribution is 5.49. The number of hydrogen-bond acceptors (Lipinski definition) is 4. The molecule has 0 aliphatic carbocycles. The van der Waals surface area contributed by atoms with E-state index in [0.717, 1.165) is 24.7 Å². The summed E-state index contributed by atoms with van der Waals surface area (Å²) in [6.45, 7) is 6.63. The van der Waals surface area contributed by atoms with Gasteiger partial charge in [0.2, 0.25) is 0 Å². The lowest BCUT2D eigenvalue weighted by Crippen LogP contribution is -2.39. The van der Waals surface area contributed by atoms with Crippen molar-refractivity contribution in [3.63, 3.8) is 0 Å². The quantitative estimate of drug-likeness (QED) is 0.768. The van der Waals surface area contributed by atoms with Gasteiger partial charge in [-0.15, -0.1) is 0 Å². The molecule has 4 heteroatoms. The van der Waals surface area contributed by atoms with Crippen molar-refractivity contribution in [2.75, 3.05) is 23.3 Å². The average molecular weight is 276 g/mol. The van der Waals surface area contributed by atoms with E-state index in [4.69, 9.17) is 0 Å². The van der Waals surface area contributed by atoms with Crippen molar-refractivity contribution in [2.24, 2.45) is 0 Å². The fourth-order valence-corrected chi connectivity index (χ4v) is 2.92. The van der Waals surface area contributed by atoms with Gasteiger partial charge >= 0.3 is 0 Å². The fraction of sp³-hybridized carbons (Fsp3) is 0.750. The summed E-state index contributed by atoms with van der Waals surface area (Å²) in [7, 11) is 0. The zero-order chi connectivity index (χ0) is 14.2. The third-order valence-corrected chi connectivity index (χ3v) is 4.13. The van der Waals surface area contributed by atoms with E-state index in [-0.39, 0.29) is 0 Å². The Kier molecular flexibility index (Phi) is 6.09. The van der Waals surface area contributed by atoms with Crippen LogP contribution in [0.2, 0.25) is 0 Å². The van der Waals surface area contributed by atoms with E-state index in [2.05, 4.69) is 40.1 Å². The molecule has 20 heavy (non-hydrogen) atoms. The molecule has 0 saturated carbocycles. The number of anilines is 2. The predicted octanol–water partition coefficient (Wildman–Crippen LogP) is 3.85. The summed E-state index contributed by atoms with van der Waals surface area (Å²) in [6, 6.07) is 2.76. The van der Waals surface area contributed by atoms with E-state index in [9.17, 15) is 0 Å². The monoisotopic (exact) mass is 276 g/mol. The van der Waals surface area contributed by atoms with Gasteiger partial charge in [0.25, 0.3) is 0 Å². The molecule has 2 heterocycles. The van der Waals surface area contributed by atoms with Gasteiger partial charge in [-0.25, -0.2) is 9.97 Å². The van der Waals surface area contributed by atoms with Crippen LogP contribution in [-0.4, -0.2) is 29.1 Å². The Bertz CT molecular complexity index is 394. The number of piperidine rings is 1. The molecule has 0 radical (unpaired) electrons. The second-order valence-corrected chi connectivity index (χ2v) is 5.65. The van der Waals surface area contributed by atoms with Crippen molar-refractivity contribution >= 4 is 11.6 Å². The number of unbranched alkanes of at least 4 members (excludes halogenated alkanes) is 2. The Morgan fingerprint density at radius 1 is 1.25 bits per heavy atom. The summed E-state index contributed by atoms with van der Waals surface area (Å²) in [5, 5.41) is 3.41. The van der Waals surface area contributed by atoms with Gasteiger partial charge in [0.15, 0.2) is 0 Å². The van der Waals surface area contributed by atoms with Gasteiger partial charge < -0.3 is 10.2 Å². The first-order valence-electron chi connectivity index (χ1n) is 8.17. The molecule has 1 atom stereocenters. The minimum Gasteiger partial charge on any atom is -0.370 e. The third kappa shape index (κ3) is 4.09. The lowest BCUT2D eigenvalue weighted by Gasteiger charge is -2.36. The number of aromatic nitrogens is 2. The molecule has 1 saturated heterocycles. The molecule has 1 N–H and O–H groups in total. The first-order valence-corrected chi connectivity index (χ1v) is 8.17. The topological polar surface area (TPSA) is 41.0 Å². The van der Waals surface area contributed by atoms with E-state index in [1.165, 1.54) is 44.9 Å². The molecule has 1 unspecified atom stereocenters. The van der Waals surface area contributed by atoms with E-state index in [1.807, 2.05) is 0 Å². The maximum absolute atomic E-state index is 4.48. The maximum atomic E-state index is 4.48. The maximum Gasteiger partial charge on any atom is 0.134 e. The Labute approximate surface area is 123 Å². The van der Waals surface area contributed by atoms with Gasteiger partial charge in [0, 0.05) is 25.2 Å². The van der Waals surface area contributed by atoms with Crippen LogP contribution in [0.25, 0.3) is 0 Å². The lowest BCUT2D eigenvalue weighted by atomic mass is 10.0. The van der Waals surface area contributed by atoms with Gasteiger partial charge in [0.05, 0.1) is 0 Å². The van der Waals surface area contributed by atoms with Crippen LogP contribution in [0.4, 0.5) is 11.6 Å². The van der Waals surface area contributed by atoms with Crippen LogP contribution in [0.15, 0.2) is 12.4 Å². The summed E-state index contributed by atoms with van der Waals surface area (Å²) in [6.07, 6.45) is 10.5. The Morgan fingerprint density at radius 2 is 2.15 bits per heavy atom. The van der Waals surface area contributed by atoms with Crippen molar-refractivity contribution in [1.82, 2.24) is 9.97 Å². The minimum atomic E-state index is 0.645. The van der Waals surface area contributed by atoms with Crippen LogP contribution < -0.4 is 10.2 Å². The molecule has 0 aromatic carbocycles. The summed E-state index contributed by atoms with van der Waals surface area (Å²) >= 11 is 0. The van der Waals surface area contributed by atoms with Crippen molar-refractivity contribution in [2.45, 2.75) is 64.8 Å². The van der Waals surface area contributed by atoms with Gasteiger partial charge in [-0.05, 0) is 32.1 Å². The Morgan fingerprint density at radius 3 is 2.95 bits per heavy atom. The molecule has 1 fully saturated rings. The van der Waals surface area contributed by atoms with Gasteiger partial charge in [-0.2, -0.15) is 0 Å². The zero-order valence-electron chi connectivity index (χ0n) is 12.9. The lowest BCUT2D eigenvalue weighted by molar-refractivity contribution is 0.446. The van der Waals surface area contributed by atoms with E-state index >= 15 is 0 Å². The Balaban J connectivity index is 1.97. The van der Waals surface area contributed by atoms with Crippen LogP contribution in [0.1, 0.15) is 58.8 Å². The van der Waals surface area contributed by atoms with E-state index in [1.54, 1.807) is 6.33 Å². The Hall–Kier alpha value is -1.32. The van der Waals surface area contributed by atoms with Crippen LogP contribution >= 0.6 is 0 Å². The van der Waals surface area contributed by atoms with Gasteiger partial charge in [-0.3, -0.25) is 0 Å². The van der Waals surface area contributed by atoms with E-state index < -0.39 is 0 Å². The molecule has 0 bridgehead atoms. The molecule has 1 aliphatic rings. The molecule has 0 amide bonds. The predicted molar refractivity (Wildman–Crippen MR) is 85.3 cm³/mol. The second-order valence-electron chi connectivity index (χ2n) is 5.65. The SMILES string of the molecule is CCCCCNc1cc(N2CCCCC2CC)ncn1.